The van der Waals surface area contributed by atoms with Crippen molar-refractivity contribution in [3.63, 3.8) is 0 Å². The van der Waals surface area contributed by atoms with Gasteiger partial charge < -0.3 is 9.84 Å². The van der Waals surface area contributed by atoms with E-state index in [-0.39, 0.29) is 6.04 Å². The second-order valence-corrected chi connectivity index (χ2v) is 6.28. The van der Waals surface area contributed by atoms with Crippen LogP contribution in [0.2, 0.25) is 0 Å². The largest absolute Gasteiger partial charge is 0.361 e. The molecule has 1 fully saturated rings. The predicted molar refractivity (Wildman–Crippen MR) is 85.6 cm³/mol. The number of likely N-dealkylation sites (tertiary alicyclic amines) is 1. The second-order valence-electron chi connectivity index (χ2n) is 6.28. The van der Waals surface area contributed by atoms with Crippen LogP contribution in [0.25, 0.3) is 0 Å². The molecule has 0 unspecified atom stereocenters. The fourth-order valence-corrected chi connectivity index (χ4v) is 2.99. The average Bonchev–Trinajstić information content (AvgIpc) is 3.08. The summed E-state index contributed by atoms with van der Waals surface area (Å²) in [5.74, 6) is 0.808. The molecule has 1 aliphatic heterocycles. The van der Waals surface area contributed by atoms with Gasteiger partial charge in [-0.3, -0.25) is 9.88 Å². The number of pyridine rings is 1. The summed E-state index contributed by atoms with van der Waals surface area (Å²) in [6.45, 7) is 6.52. The number of alkyl halides is 1. The number of aromatic nitrogens is 2. The lowest BCUT2D eigenvalue weighted by Gasteiger charge is -2.23. The normalized spacial score (nSPS) is 21.9. The predicted octanol–water partition coefficient (Wildman–Crippen LogP) is 2.39. The van der Waals surface area contributed by atoms with Gasteiger partial charge in [0.25, 0.3) is 0 Å². The molecule has 1 saturated heterocycles. The third-order valence-corrected chi connectivity index (χ3v) is 4.36. The van der Waals surface area contributed by atoms with E-state index in [1.54, 1.807) is 6.20 Å². The Balaban J connectivity index is 1.53. The van der Waals surface area contributed by atoms with Crippen LogP contribution >= 0.6 is 0 Å². The van der Waals surface area contributed by atoms with Crippen LogP contribution in [0.3, 0.4) is 0 Å². The van der Waals surface area contributed by atoms with E-state index in [2.05, 4.69) is 26.4 Å². The van der Waals surface area contributed by atoms with Gasteiger partial charge in [-0.25, -0.2) is 4.39 Å². The molecule has 3 heterocycles. The maximum atomic E-state index is 13.8. The highest BCUT2D eigenvalue weighted by atomic mass is 19.1. The molecular formula is C17H23FN4O. The highest BCUT2D eigenvalue weighted by Crippen LogP contribution is 2.23. The van der Waals surface area contributed by atoms with E-state index in [0.717, 1.165) is 29.1 Å². The van der Waals surface area contributed by atoms with E-state index < -0.39 is 6.17 Å². The fraction of sp³-hybridized carbons (Fsp3) is 0.529. The summed E-state index contributed by atoms with van der Waals surface area (Å²) in [6.07, 6.45) is 3.39. The van der Waals surface area contributed by atoms with Crippen LogP contribution < -0.4 is 5.32 Å². The average molecular weight is 318 g/mol. The zero-order valence-electron chi connectivity index (χ0n) is 13.6. The van der Waals surface area contributed by atoms with Crippen molar-refractivity contribution in [2.45, 2.75) is 45.6 Å². The highest BCUT2D eigenvalue weighted by molar-refractivity contribution is 5.13. The molecule has 1 aliphatic rings. The van der Waals surface area contributed by atoms with Crippen molar-refractivity contribution in [2.75, 3.05) is 13.1 Å². The third kappa shape index (κ3) is 4.14. The van der Waals surface area contributed by atoms with Crippen molar-refractivity contribution >= 4 is 0 Å². The van der Waals surface area contributed by atoms with Crippen LogP contribution in [-0.4, -0.2) is 40.3 Å². The molecule has 2 aromatic heterocycles. The number of nitrogens with one attached hydrogen (secondary N) is 1. The minimum absolute atomic E-state index is 0.185. The number of halogens is 1. The first-order valence-corrected chi connectivity index (χ1v) is 8.02. The Morgan fingerprint density at radius 1 is 1.35 bits per heavy atom. The Kier molecular flexibility index (Phi) is 5.03. The standard InChI is InChI=1S/C17H23FN4O/c1-12-3-4-16(20-6-12)8-19-9-17-5-15(18)11-22(17)10-14-7-21-23-13(14)2/h3-4,6-7,15,17,19H,5,8-11H2,1-2H3/t15-,17-/m0/s1. The first-order valence-electron chi connectivity index (χ1n) is 8.02. The summed E-state index contributed by atoms with van der Waals surface area (Å²) >= 11 is 0. The van der Waals surface area contributed by atoms with Crippen LogP contribution in [0.15, 0.2) is 29.0 Å². The van der Waals surface area contributed by atoms with Gasteiger partial charge in [-0.05, 0) is 31.9 Å². The van der Waals surface area contributed by atoms with Gasteiger partial charge in [0, 0.05) is 44.0 Å². The Labute approximate surface area is 135 Å². The topological polar surface area (TPSA) is 54.2 Å². The summed E-state index contributed by atoms with van der Waals surface area (Å²) < 4.78 is 18.9. The Morgan fingerprint density at radius 3 is 2.91 bits per heavy atom. The highest BCUT2D eigenvalue weighted by Gasteiger charge is 2.32. The lowest BCUT2D eigenvalue weighted by Crippen LogP contribution is -2.37. The molecule has 2 aromatic rings. The quantitative estimate of drug-likeness (QED) is 0.886. The summed E-state index contributed by atoms with van der Waals surface area (Å²) in [7, 11) is 0. The molecule has 0 aromatic carbocycles. The summed E-state index contributed by atoms with van der Waals surface area (Å²) in [4.78, 5) is 6.54. The summed E-state index contributed by atoms with van der Waals surface area (Å²) in [5, 5.41) is 7.20. The second kappa shape index (κ2) is 7.19. The molecule has 0 bridgehead atoms. The zero-order valence-corrected chi connectivity index (χ0v) is 13.6. The van der Waals surface area contributed by atoms with Crippen molar-refractivity contribution in [3.05, 3.63) is 47.1 Å². The number of hydrogen-bond donors (Lipinski definition) is 1. The van der Waals surface area contributed by atoms with Crippen molar-refractivity contribution < 1.29 is 8.91 Å². The van der Waals surface area contributed by atoms with Crippen molar-refractivity contribution in [1.82, 2.24) is 20.4 Å². The lowest BCUT2D eigenvalue weighted by molar-refractivity contribution is 0.228. The lowest BCUT2D eigenvalue weighted by atomic mass is 10.2. The third-order valence-electron chi connectivity index (χ3n) is 4.36. The van der Waals surface area contributed by atoms with E-state index in [9.17, 15) is 4.39 Å². The first kappa shape index (κ1) is 16.1. The van der Waals surface area contributed by atoms with Crippen LogP contribution in [0.5, 0.6) is 0 Å². The molecule has 0 aliphatic carbocycles. The molecule has 2 atom stereocenters. The van der Waals surface area contributed by atoms with Gasteiger partial charge in [-0.1, -0.05) is 11.2 Å². The molecule has 1 N–H and O–H groups in total. The monoisotopic (exact) mass is 318 g/mol. The van der Waals surface area contributed by atoms with E-state index in [0.29, 0.717) is 26.1 Å². The zero-order chi connectivity index (χ0) is 16.2. The maximum absolute atomic E-state index is 13.8. The molecule has 6 heteroatoms. The van der Waals surface area contributed by atoms with Gasteiger partial charge >= 0.3 is 0 Å². The Bertz CT molecular complexity index is 628. The molecule has 23 heavy (non-hydrogen) atoms. The molecule has 0 saturated carbocycles. The van der Waals surface area contributed by atoms with E-state index >= 15 is 0 Å². The van der Waals surface area contributed by atoms with Crippen LogP contribution in [0, 0.1) is 13.8 Å². The summed E-state index contributed by atoms with van der Waals surface area (Å²) in [6, 6.07) is 4.26. The fourth-order valence-electron chi connectivity index (χ4n) is 2.99. The maximum Gasteiger partial charge on any atom is 0.138 e. The van der Waals surface area contributed by atoms with Gasteiger partial charge in [-0.15, -0.1) is 0 Å². The molecule has 0 amide bonds. The van der Waals surface area contributed by atoms with Gasteiger partial charge in [0.15, 0.2) is 0 Å². The van der Waals surface area contributed by atoms with Crippen LogP contribution in [-0.2, 0) is 13.1 Å². The van der Waals surface area contributed by atoms with Crippen molar-refractivity contribution in [2.24, 2.45) is 0 Å². The van der Waals surface area contributed by atoms with Gasteiger partial charge in [0.2, 0.25) is 0 Å². The van der Waals surface area contributed by atoms with E-state index in [1.165, 1.54) is 0 Å². The minimum Gasteiger partial charge on any atom is -0.361 e. The molecular weight excluding hydrogens is 295 g/mol. The van der Waals surface area contributed by atoms with Crippen LogP contribution in [0.4, 0.5) is 4.39 Å². The Morgan fingerprint density at radius 2 is 2.22 bits per heavy atom. The minimum atomic E-state index is -0.764. The van der Waals surface area contributed by atoms with Crippen LogP contribution in [0.1, 0.15) is 29.0 Å². The smallest absolute Gasteiger partial charge is 0.138 e. The number of nitrogens with zero attached hydrogens (tertiary/aromatic N) is 3. The molecule has 3 rings (SSSR count). The molecule has 0 spiro atoms. The van der Waals surface area contributed by atoms with Gasteiger partial charge in [0.1, 0.15) is 11.9 Å². The van der Waals surface area contributed by atoms with Gasteiger partial charge in [0.05, 0.1) is 11.9 Å². The number of rotatable bonds is 6. The number of hydrogen-bond acceptors (Lipinski definition) is 5. The first-order chi connectivity index (χ1) is 11.1. The number of aryl methyl sites for hydroxylation is 2. The molecule has 0 radical (unpaired) electrons. The molecule has 124 valence electrons. The van der Waals surface area contributed by atoms with E-state index in [1.807, 2.05) is 26.1 Å². The molecule has 5 nitrogen and oxygen atoms in total. The Hall–Kier alpha value is -1.79. The summed E-state index contributed by atoms with van der Waals surface area (Å²) in [5.41, 5.74) is 3.19. The SMILES string of the molecule is Cc1ccc(CNC[C@@H]2C[C@H](F)CN2Cc2cnoc2C)nc1. The van der Waals surface area contributed by atoms with Crippen molar-refractivity contribution in [3.8, 4) is 0 Å². The van der Waals surface area contributed by atoms with Crippen molar-refractivity contribution in [1.29, 1.82) is 0 Å². The van der Waals surface area contributed by atoms with Gasteiger partial charge in [-0.2, -0.15) is 0 Å². The van der Waals surface area contributed by atoms with E-state index in [4.69, 9.17) is 4.52 Å².